The first kappa shape index (κ1) is 8.74. The second-order valence-corrected chi connectivity index (χ2v) is 3.12. The fraction of sp³-hybridized carbons (Fsp3) is 0.200. The third-order valence-corrected chi connectivity index (χ3v) is 2.09. The van der Waals surface area contributed by atoms with Crippen molar-refractivity contribution < 1.29 is 9.90 Å². The molecule has 0 saturated heterocycles. The van der Waals surface area contributed by atoms with Crippen LogP contribution in [-0.4, -0.2) is 11.6 Å². The van der Waals surface area contributed by atoms with E-state index in [1.54, 1.807) is 12.1 Å². The maximum absolute atomic E-state index is 10.8. The van der Waals surface area contributed by atoms with E-state index in [4.69, 9.17) is 0 Å². The molecule has 1 aliphatic heterocycles. The second kappa shape index (κ2) is 3.49. The molecule has 4 nitrogen and oxygen atoms in total. The first-order chi connectivity index (χ1) is 6.75. The molecule has 0 atom stereocenters. The normalized spacial score (nSPS) is 16.0. The van der Waals surface area contributed by atoms with Crippen LogP contribution in [0.1, 0.15) is 18.4 Å². The van der Waals surface area contributed by atoms with Gasteiger partial charge in [0.25, 0.3) is 0 Å². The molecule has 1 radical (unpaired) electrons. The number of hydrogen-bond donors (Lipinski definition) is 1. The van der Waals surface area contributed by atoms with E-state index >= 15 is 0 Å². The van der Waals surface area contributed by atoms with E-state index in [2.05, 4.69) is 10.5 Å². The van der Waals surface area contributed by atoms with Gasteiger partial charge >= 0.3 is 0 Å². The minimum atomic E-state index is -0.0609. The zero-order chi connectivity index (χ0) is 9.97. The highest BCUT2D eigenvalue weighted by Crippen LogP contribution is 2.14. The van der Waals surface area contributed by atoms with Crippen LogP contribution in [0.4, 0.5) is 0 Å². The highest BCUT2D eigenvalue weighted by atomic mass is 16.3. The topological polar surface area (TPSA) is 61.4 Å². The number of rotatable bonds is 1. The fourth-order valence-electron chi connectivity index (χ4n) is 1.33. The molecule has 14 heavy (non-hydrogen) atoms. The predicted octanol–water partition coefficient (Wildman–Crippen LogP) is 1.44. The largest absolute Gasteiger partial charge is 0.290 e. The Labute approximate surface area is 81.3 Å². The molecule has 1 aromatic carbocycles. The second-order valence-electron chi connectivity index (χ2n) is 3.12. The summed E-state index contributed by atoms with van der Waals surface area (Å²) in [6.07, 6.45) is 1.09. The van der Waals surface area contributed by atoms with Crippen molar-refractivity contribution in [2.45, 2.75) is 12.8 Å². The van der Waals surface area contributed by atoms with Crippen molar-refractivity contribution in [3.63, 3.8) is 0 Å². The summed E-state index contributed by atoms with van der Waals surface area (Å²) < 4.78 is 0. The SMILES string of the molecule is [O]c1ccc(C2=NNC(=O)CC2)cc1. The van der Waals surface area contributed by atoms with Crippen LogP contribution in [0.3, 0.4) is 0 Å². The van der Waals surface area contributed by atoms with Gasteiger partial charge in [0.15, 0.2) is 5.75 Å². The molecule has 0 aliphatic carbocycles. The van der Waals surface area contributed by atoms with Crippen LogP contribution in [0, 0.1) is 0 Å². The summed E-state index contributed by atoms with van der Waals surface area (Å²) in [5, 5.41) is 14.8. The first-order valence-corrected chi connectivity index (χ1v) is 4.38. The van der Waals surface area contributed by atoms with Crippen molar-refractivity contribution in [2.75, 3.05) is 0 Å². The third-order valence-electron chi connectivity index (χ3n) is 2.09. The Hall–Kier alpha value is -1.84. The maximum atomic E-state index is 10.8. The van der Waals surface area contributed by atoms with Gasteiger partial charge in [-0.25, -0.2) is 5.43 Å². The van der Waals surface area contributed by atoms with Gasteiger partial charge in [0, 0.05) is 12.8 Å². The average molecular weight is 189 g/mol. The number of hydrazone groups is 1. The van der Waals surface area contributed by atoms with Gasteiger partial charge in [-0.2, -0.15) is 5.10 Å². The molecule has 1 N–H and O–H groups in total. The number of benzene rings is 1. The van der Waals surface area contributed by atoms with Crippen molar-refractivity contribution in [2.24, 2.45) is 5.10 Å². The zero-order valence-corrected chi connectivity index (χ0v) is 7.49. The molecule has 0 spiro atoms. The van der Waals surface area contributed by atoms with Crippen LogP contribution in [0.5, 0.6) is 5.75 Å². The summed E-state index contributed by atoms with van der Waals surface area (Å²) in [6.45, 7) is 0. The quantitative estimate of drug-likeness (QED) is 0.713. The van der Waals surface area contributed by atoms with Crippen LogP contribution < -0.4 is 5.43 Å². The van der Waals surface area contributed by atoms with E-state index in [1.165, 1.54) is 12.1 Å². The molecule has 0 saturated carbocycles. The molecule has 4 heteroatoms. The first-order valence-electron chi connectivity index (χ1n) is 4.38. The van der Waals surface area contributed by atoms with E-state index < -0.39 is 0 Å². The van der Waals surface area contributed by atoms with Crippen molar-refractivity contribution in [1.29, 1.82) is 0 Å². The molecular weight excluding hydrogens is 180 g/mol. The van der Waals surface area contributed by atoms with Gasteiger partial charge in [-0.1, -0.05) is 0 Å². The van der Waals surface area contributed by atoms with Crippen LogP contribution in [-0.2, 0) is 9.90 Å². The monoisotopic (exact) mass is 189 g/mol. The van der Waals surface area contributed by atoms with Crippen molar-refractivity contribution in [1.82, 2.24) is 5.43 Å². The Morgan fingerprint density at radius 2 is 1.86 bits per heavy atom. The van der Waals surface area contributed by atoms with Gasteiger partial charge in [0.05, 0.1) is 5.71 Å². The Morgan fingerprint density at radius 1 is 1.14 bits per heavy atom. The lowest BCUT2D eigenvalue weighted by Gasteiger charge is -2.11. The van der Waals surface area contributed by atoms with Gasteiger partial charge in [0.1, 0.15) is 0 Å². The molecule has 0 unspecified atom stereocenters. The van der Waals surface area contributed by atoms with Crippen LogP contribution >= 0.6 is 0 Å². The molecule has 2 rings (SSSR count). The van der Waals surface area contributed by atoms with Gasteiger partial charge < -0.3 is 0 Å². The number of hydrogen-bond acceptors (Lipinski definition) is 2. The number of carbonyl (C=O) groups excluding carboxylic acids is 1. The van der Waals surface area contributed by atoms with Crippen LogP contribution in [0.2, 0.25) is 0 Å². The zero-order valence-electron chi connectivity index (χ0n) is 7.49. The van der Waals surface area contributed by atoms with E-state index in [-0.39, 0.29) is 11.7 Å². The van der Waals surface area contributed by atoms with Gasteiger partial charge in [-0.05, 0) is 29.8 Å². The number of nitrogens with one attached hydrogen (secondary N) is 1. The summed E-state index contributed by atoms with van der Waals surface area (Å²) in [5.74, 6) is -0.0802. The fourth-order valence-corrected chi connectivity index (χ4v) is 1.33. The molecule has 1 amide bonds. The van der Waals surface area contributed by atoms with E-state index in [0.29, 0.717) is 12.8 Å². The summed E-state index contributed by atoms with van der Waals surface area (Å²) in [7, 11) is 0. The van der Waals surface area contributed by atoms with Crippen LogP contribution in [0.15, 0.2) is 29.4 Å². The predicted molar refractivity (Wildman–Crippen MR) is 50.5 cm³/mol. The molecular formula is C10H9N2O2. The van der Waals surface area contributed by atoms with E-state index in [1.807, 2.05) is 0 Å². The highest BCUT2D eigenvalue weighted by Gasteiger charge is 2.12. The molecule has 0 fully saturated rings. The molecule has 0 bridgehead atoms. The van der Waals surface area contributed by atoms with E-state index in [9.17, 15) is 9.90 Å². The van der Waals surface area contributed by atoms with Crippen LogP contribution in [0.25, 0.3) is 0 Å². The Morgan fingerprint density at radius 3 is 2.43 bits per heavy atom. The van der Waals surface area contributed by atoms with Crippen molar-refractivity contribution >= 4 is 11.6 Å². The summed E-state index contributed by atoms with van der Waals surface area (Å²) in [4.78, 5) is 10.8. The Balaban J connectivity index is 2.23. The third kappa shape index (κ3) is 1.74. The maximum Gasteiger partial charge on any atom is 0.240 e. The lowest BCUT2D eigenvalue weighted by molar-refractivity contribution is -0.121. The smallest absolute Gasteiger partial charge is 0.240 e. The van der Waals surface area contributed by atoms with Crippen molar-refractivity contribution in [3.8, 4) is 5.75 Å². The molecule has 1 heterocycles. The minimum absolute atomic E-state index is 0.0193. The van der Waals surface area contributed by atoms with Crippen molar-refractivity contribution in [3.05, 3.63) is 29.8 Å². The summed E-state index contributed by atoms with van der Waals surface area (Å²) in [5.41, 5.74) is 4.13. The van der Waals surface area contributed by atoms with Gasteiger partial charge in [0.2, 0.25) is 5.91 Å². The Bertz CT molecular complexity index is 382. The lowest BCUT2D eigenvalue weighted by atomic mass is 10.0. The Kier molecular flexibility index (Phi) is 2.18. The molecule has 1 aromatic rings. The molecule has 0 aromatic heterocycles. The average Bonchev–Trinajstić information content (AvgIpc) is 2.21. The molecule has 71 valence electrons. The van der Waals surface area contributed by atoms with Gasteiger partial charge in [-0.3, -0.25) is 9.90 Å². The van der Waals surface area contributed by atoms with E-state index in [0.717, 1.165) is 11.3 Å². The van der Waals surface area contributed by atoms with Gasteiger partial charge in [-0.15, -0.1) is 0 Å². The summed E-state index contributed by atoms with van der Waals surface area (Å²) in [6, 6.07) is 6.43. The molecule has 1 aliphatic rings. The summed E-state index contributed by atoms with van der Waals surface area (Å²) >= 11 is 0. The minimum Gasteiger partial charge on any atom is -0.290 e. The number of amides is 1. The highest BCUT2D eigenvalue weighted by molar-refractivity contribution is 6.04. The number of nitrogens with zero attached hydrogens (tertiary/aromatic N) is 1. The number of carbonyl (C=O) groups is 1. The lowest BCUT2D eigenvalue weighted by Crippen LogP contribution is -2.25. The standard InChI is InChI=1S/C10H9N2O2/c13-8-3-1-7(2-4-8)9-5-6-10(14)12-11-9/h1-4H,5-6H2,(H,12,14).